The van der Waals surface area contributed by atoms with Crippen LogP contribution < -0.4 is 10.1 Å². The van der Waals surface area contributed by atoms with Gasteiger partial charge in [0.2, 0.25) is 11.7 Å². The van der Waals surface area contributed by atoms with Crippen LogP contribution in [-0.2, 0) is 25.5 Å². The number of ether oxygens (including phenoxy) is 3. The third-order valence-corrected chi connectivity index (χ3v) is 8.74. The Balaban J connectivity index is 1.63. The number of Topliss-reactive ketones (excluding diaryl/α,β-unsaturated/α-hetero) is 1. The first-order valence-corrected chi connectivity index (χ1v) is 14.6. The van der Waals surface area contributed by atoms with Gasteiger partial charge >= 0.3 is 0 Å². The molecule has 2 aromatic carbocycles. The maximum atomic E-state index is 13.7. The number of methoxy groups -OCH3 is 1. The first-order chi connectivity index (χ1) is 20.4. The average Bonchev–Trinajstić information content (AvgIpc) is 2.98. The van der Waals surface area contributed by atoms with Gasteiger partial charge in [-0.05, 0) is 13.0 Å². The molecule has 0 radical (unpaired) electrons. The molecule has 0 saturated carbocycles. The number of ketones is 3. The Bertz CT molecular complexity index is 1530. The number of aromatic hydroxyl groups is 2. The lowest BCUT2D eigenvalue weighted by Crippen LogP contribution is -2.56. The summed E-state index contributed by atoms with van der Waals surface area (Å²) in [5.74, 6) is -4.35. The Morgan fingerprint density at radius 2 is 1.84 bits per heavy atom. The van der Waals surface area contributed by atoms with Gasteiger partial charge in [-0.1, -0.05) is 28.1 Å². The molecule has 13 nitrogen and oxygen atoms in total. The molecule has 6 N–H and O–H groups in total. The Hall–Kier alpha value is -3.40. The van der Waals surface area contributed by atoms with E-state index >= 15 is 0 Å². The van der Waals surface area contributed by atoms with Gasteiger partial charge in [0.25, 0.3) is 0 Å². The number of phenolic OH excluding ortho intramolecular Hbond substituents is 2. The van der Waals surface area contributed by atoms with E-state index in [0.29, 0.717) is 0 Å². The first-order valence-electron chi connectivity index (χ1n) is 13.4. The number of hydrogen-bond donors (Lipinski definition) is 6. The molecule has 43 heavy (non-hydrogen) atoms. The second-order valence-corrected chi connectivity index (χ2v) is 11.4. The number of halogens is 1. The number of carbonyl (C=O) groups is 4. The number of nitrogens with one attached hydrogen (secondary N) is 1. The largest absolute Gasteiger partial charge is 0.507 e. The highest BCUT2D eigenvalue weighted by Crippen LogP contribution is 2.52. The molecule has 0 unspecified atom stereocenters. The molecule has 3 aliphatic rings. The minimum Gasteiger partial charge on any atom is -0.507 e. The molecule has 0 aromatic heterocycles. The Morgan fingerprint density at radius 1 is 1.14 bits per heavy atom. The predicted octanol–water partition coefficient (Wildman–Crippen LogP) is 0.554. The maximum absolute atomic E-state index is 13.7. The summed E-state index contributed by atoms with van der Waals surface area (Å²) in [7, 11) is 1.31. The van der Waals surface area contributed by atoms with Gasteiger partial charge in [0.15, 0.2) is 17.9 Å². The third-order valence-electron chi connectivity index (χ3n) is 8.23. The molecule has 1 heterocycles. The van der Waals surface area contributed by atoms with Gasteiger partial charge in [-0.25, -0.2) is 0 Å². The Labute approximate surface area is 253 Å². The summed E-state index contributed by atoms with van der Waals surface area (Å²) in [5, 5.41) is 57.2. The van der Waals surface area contributed by atoms with Crippen molar-refractivity contribution in [1.82, 2.24) is 5.32 Å². The number of alkyl halides is 1. The second-order valence-electron chi connectivity index (χ2n) is 10.8. The number of aliphatic hydroxyl groups is 3. The van der Waals surface area contributed by atoms with Gasteiger partial charge in [0.1, 0.15) is 35.6 Å². The van der Waals surface area contributed by atoms with Crippen LogP contribution in [0, 0.1) is 0 Å². The van der Waals surface area contributed by atoms with Gasteiger partial charge in [-0.15, -0.1) is 0 Å². The van der Waals surface area contributed by atoms with Crippen molar-refractivity contribution in [2.75, 3.05) is 19.0 Å². The SMILES string of the molecule is COc1cccc2c1C(=O)c1c(O)c3c(c(O)c1C2=O)C[C@](O)(C(=O)CO)C[C@@H]3O[C@H]1C[C@H](NC(=O)CBr)[C@H](O)[C@H](C)O1. The first kappa shape index (κ1) is 31.0. The van der Waals surface area contributed by atoms with Crippen LogP contribution in [0.4, 0.5) is 0 Å². The van der Waals surface area contributed by atoms with Crippen LogP contribution in [0.5, 0.6) is 17.2 Å². The minimum absolute atomic E-state index is 0.0256. The summed E-state index contributed by atoms with van der Waals surface area (Å²) < 4.78 is 17.2. The molecule has 2 aromatic rings. The molecule has 5 rings (SSSR count). The molecule has 6 atom stereocenters. The molecular formula is C29H30BrNO12. The summed E-state index contributed by atoms with van der Waals surface area (Å²) >= 11 is 3.05. The smallest absolute Gasteiger partial charge is 0.230 e. The molecule has 2 aliphatic carbocycles. The zero-order chi connectivity index (χ0) is 31.4. The van der Waals surface area contributed by atoms with Crippen molar-refractivity contribution in [3.8, 4) is 17.2 Å². The zero-order valence-corrected chi connectivity index (χ0v) is 24.7. The van der Waals surface area contributed by atoms with E-state index in [4.69, 9.17) is 14.2 Å². The highest BCUT2D eigenvalue weighted by Gasteiger charge is 2.50. The number of fused-ring (bicyclic) bond motifs is 3. The van der Waals surface area contributed by atoms with Gasteiger partial charge in [-0.2, -0.15) is 0 Å². The zero-order valence-electron chi connectivity index (χ0n) is 23.1. The topological polar surface area (TPSA) is 209 Å². The lowest BCUT2D eigenvalue weighted by Gasteiger charge is -2.42. The van der Waals surface area contributed by atoms with E-state index in [1.165, 1.54) is 25.3 Å². The summed E-state index contributed by atoms with van der Waals surface area (Å²) in [4.78, 5) is 52.1. The van der Waals surface area contributed by atoms with Crippen molar-refractivity contribution < 1.29 is 58.9 Å². The predicted molar refractivity (Wildman–Crippen MR) is 150 cm³/mol. The van der Waals surface area contributed by atoms with Crippen molar-refractivity contribution in [3.05, 3.63) is 51.6 Å². The van der Waals surface area contributed by atoms with Gasteiger partial charge < -0.3 is 45.1 Å². The molecular weight excluding hydrogens is 634 g/mol. The molecule has 0 bridgehead atoms. The van der Waals surface area contributed by atoms with Crippen LogP contribution >= 0.6 is 15.9 Å². The highest BCUT2D eigenvalue weighted by molar-refractivity contribution is 9.09. The van der Waals surface area contributed by atoms with E-state index in [9.17, 15) is 44.7 Å². The highest BCUT2D eigenvalue weighted by atomic mass is 79.9. The molecule has 1 saturated heterocycles. The average molecular weight is 664 g/mol. The van der Waals surface area contributed by atoms with E-state index in [2.05, 4.69) is 21.2 Å². The van der Waals surface area contributed by atoms with Gasteiger partial charge in [0.05, 0.1) is 47.4 Å². The van der Waals surface area contributed by atoms with E-state index < -0.39 is 102 Å². The monoisotopic (exact) mass is 663 g/mol. The molecule has 1 aliphatic heterocycles. The van der Waals surface area contributed by atoms with Crippen LogP contribution in [0.3, 0.4) is 0 Å². The summed E-state index contributed by atoms with van der Waals surface area (Å²) in [6.45, 7) is 0.493. The second kappa shape index (κ2) is 11.6. The van der Waals surface area contributed by atoms with Crippen molar-refractivity contribution in [2.45, 2.75) is 62.4 Å². The minimum atomic E-state index is -2.29. The van der Waals surface area contributed by atoms with E-state index in [1.807, 2.05) is 0 Å². The summed E-state index contributed by atoms with van der Waals surface area (Å²) in [6, 6.07) is 3.52. The molecule has 1 fully saturated rings. The number of rotatable bonds is 7. The van der Waals surface area contributed by atoms with E-state index in [1.54, 1.807) is 6.92 Å². The van der Waals surface area contributed by atoms with Crippen LogP contribution in [0.25, 0.3) is 0 Å². The molecule has 230 valence electrons. The summed E-state index contributed by atoms with van der Waals surface area (Å²) in [5.41, 5.74) is -3.87. The third kappa shape index (κ3) is 5.11. The normalized spacial score (nSPS) is 28.0. The van der Waals surface area contributed by atoms with Crippen LogP contribution in [-0.4, -0.2) is 98.0 Å². The van der Waals surface area contributed by atoms with Crippen LogP contribution in [0.15, 0.2) is 18.2 Å². The molecule has 14 heteroatoms. The summed E-state index contributed by atoms with van der Waals surface area (Å²) in [6.07, 6.45) is -5.73. The maximum Gasteiger partial charge on any atom is 0.230 e. The Kier molecular flexibility index (Phi) is 8.37. The lowest BCUT2D eigenvalue weighted by molar-refractivity contribution is -0.249. The Morgan fingerprint density at radius 3 is 2.49 bits per heavy atom. The molecule has 0 spiro atoms. The van der Waals surface area contributed by atoms with Crippen molar-refractivity contribution >= 4 is 39.2 Å². The van der Waals surface area contributed by atoms with E-state index in [0.717, 1.165) is 0 Å². The number of carbonyl (C=O) groups excluding carboxylic acids is 4. The number of amides is 1. The van der Waals surface area contributed by atoms with Crippen molar-refractivity contribution in [3.63, 3.8) is 0 Å². The van der Waals surface area contributed by atoms with Gasteiger partial charge in [-0.3, -0.25) is 19.2 Å². The van der Waals surface area contributed by atoms with E-state index in [-0.39, 0.29) is 39.8 Å². The van der Waals surface area contributed by atoms with Crippen LogP contribution in [0.2, 0.25) is 0 Å². The number of aliphatic hydroxyl groups excluding tert-OH is 2. The quantitative estimate of drug-likeness (QED) is 0.151. The number of hydrogen-bond acceptors (Lipinski definition) is 12. The van der Waals surface area contributed by atoms with Crippen LogP contribution in [0.1, 0.15) is 68.8 Å². The number of benzene rings is 2. The van der Waals surface area contributed by atoms with Gasteiger partial charge in [0, 0.05) is 36.0 Å². The van der Waals surface area contributed by atoms with Crippen molar-refractivity contribution in [1.29, 1.82) is 0 Å². The van der Waals surface area contributed by atoms with Crippen molar-refractivity contribution in [2.24, 2.45) is 0 Å². The fraction of sp³-hybridized carbons (Fsp3) is 0.448. The standard InChI is InChI=1S/C29H30BrNO12/c1-11-24(35)14(31-18(34)9-30)6-19(42-11)43-16-8-29(40,17(33)10-32)7-13-21(16)28(39)23-22(26(13)37)25(36)12-4-3-5-15(41-2)20(12)27(23)38/h3-5,11,14,16,19,24,32,35,37,39-40H,6-10H2,1-2H3,(H,31,34)/t11-,14-,16-,19-,24+,29+/m0/s1. The lowest BCUT2D eigenvalue weighted by atomic mass is 9.72. The number of phenols is 2. The fourth-order valence-electron chi connectivity index (χ4n) is 6.10. The fourth-order valence-corrected chi connectivity index (χ4v) is 6.27. The molecule has 1 amide bonds.